The van der Waals surface area contributed by atoms with Gasteiger partial charge in [0.2, 0.25) is 0 Å². The van der Waals surface area contributed by atoms with E-state index in [4.69, 9.17) is 14.4 Å². The number of aryl methyl sites for hydroxylation is 1. The van der Waals surface area contributed by atoms with E-state index in [1.165, 1.54) is 13.2 Å². The van der Waals surface area contributed by atoms with E-state index in [1.54, 1.807) is 19.1 Å². The molecule has 18 heavy (non-hydrogen) atoms. The Morgan fingerprint density at radius 2 is 2.11 bits per heavy atom. The van der Waals surface area contributed by atoms with Crippen LogP contribution in [0.4, 0.5) is 0 Å². The SMILES string of the molecule is COc1cc(-c2cc(C(=O)O)no2)cc(C)c1O. The highest BCUT2D eigenvalue weighted by Gasteiger charge is 2.15. The third kappa shape index (κ3) is 2.00. The van der Waals surface area contributed by atoms with Crippen molar-refractivity contribution in [1.82, 2.24) is 5.16 Å². The molecule has 2 N–H and O–H groups in total. The highest BCUT2D eigenvalue weighted by Crippen LogP contribution is 2.35. The molecular weight excluding hydrogens is 238 g/mol. The summed E-state index contributed by atoms with van der Waals surface area (Å²) in [6, 6.07) is 4.52. The molecule has 0 amide bonds. The number of aromatic nitrogens is 1. The van der Waals surface area contributed by atoms with Gasteiger partial charge in [-0.2, -0.15) is 0 Å². The lowest BCUT2D eigenvalue weighted by Crippen LogP contribution is -1.94. The normalized spacial score (nSPS) is 10.3. The molecule has 0 spiro atoms. The molecular formula is C12H11NO5. The second-order valence-electron chi connectivity index (χ2n) is 3.73. The topological polar surface area (TPSA) is 92.8 Å². The Morgan fingerprint density at radius 3 is 2.67 bits per heavy atom. The summed E-state index contributed by atoms with van der Waals surface area (Å²) in [4.78, 5) is 10.7. The van der Waals surface area contributed by atoms with E-state index in [0.717, 1.165) is 0 Å². The molecule has 0 radical (unpaired) electrons. The molecule has 0 aliphatic heterocycles. The lowest BCUT2D eigenvalue weighted by atomic mass is 10.1. The van der Waals surface area contributed by atoms with Crippen molar-refractivity contribution >= 4 is 5.97 Å². The number of hydrogen-bond donors (Lipinski definition) is 2. The summed E-state index contributed by atoms with van der Waals surface area (Å²) < 4.78 is 9.95. The molecule has 2 rings (SSSR count). The Morgan fingerprint density at radius 1 is 1.39 bits per heavy atom. The molecule has 1 heterocycles. The van der Waals surface area contributed by atoms with Gasteiger partial charge in [0.25, 0.3) is 0 Å². The lowest BCUT2D eigenvalue weighted by Gasteiger charge is -2.07. The minimum atomic E-state index is -1.16. The van der Waals surface area contributed by atoms with Crippen LogP contribution >= 0.6 is 0 Å². The fourth-order valence-electron chi connectivity index (χ4n) is 1.56. The highest BCUT2D eigenvalue weighted by molar-refractivity contribution is 5.86. The van der Waals surface area contributed by atoms with Crippen LogP contribution in [0.3, 0.4) is 0 Å². The third-order valence-corrected chi connectivity index (χ3v) is 2.50. The standard InChI is InChI=1S/C12H11NO5/c1-6-3-7(4-10(17-2)11(6)14)9-5-8(12(15)16)13-18-9/h3-5,14H,1-2H3,(H,15,16). The first kappa shape index (κ1) is 12.0. The van der Waals surface area contributed by atoms with E-state index in [2.05, 4.69) is 5.16 Å². The number of methoxy groups -OCH3 is 1. The summed E-state index contributed by atoms with van der Waals surface area (Å²) >= 11 is 0. The molecule has 94 valence electrons. The molecule has 0 saturated carbocycles. The second kappa shape index (κ2) is 4.40. The number of carbonyl (C=O) groups is 1. The third-order valence-electron chi connectivity index (χ3n) is 2.50. The quantitative estimate of drug-likeness (QED) is 0.864. The Hall–Kier alpha value is -2.50. The predicted octanol–water partition coefficient (Wildman–Crippen LogP) is 2.06. The molecule has 0 fully saturated rings. The van der Waals surface area contributed by atoms with E-state index >= 15 is 0 Å². The summed E-state index contributed by atoms with van der Waals surface area (Å²) in [5.41, 5.74) is 1.01. The zero-order valence-electron chi connectivity index (χ0n) is 9.80. The molecule has 0 saturated heterocycles. The molecule has 6 nitrogen and oxygen atoms in total. The van der Waals surface area contributed by atoms with Crippen molar-refractivity contribution in [3.05, 3.63) is 29.5 Å². The first-order chi connectivity index (χ1) is 8.52. The highest BCUT2D eigenvalue weighted by atomic mass is 16.5. The Kier molecular flexibility index (Phi) is 2.93. The van der Waals surface area contributed by atoms with E-state index in [1.807, 2.05) is 0 Å². The van der Waals surface area contributed by atoms with Gasteiger partial charge in [0, 0.05) is 11.6 Å². The first-order valence-electron chi connectivity index (χ1n) is 5.11. The van der Waals surface area contributed by atoms with Crippen LogP contribution in [0.25, 0.3) is 11.3 Å². The Bertz CT molecular complexity index is 603. The monoisotopic (exact) mass is 249 g/mol. The van der Waals surface area contributed by atoms with Crippen LogP contribution in [0, 0.1) is 6.92 Å². The van der Waals surface area contributed by atoms with Crippen LogP contribution in [0.2, 0.25) is 0 Å². The van der Waals surface area contributed by atoms with Crippen LogP contribution < -0.4 is 4.74 Å². The van der Waals surface area contributed by atoms with E-state index < -0.39 is 5.97 Å². The summed E-state index contributed by atoms with van der Waals surface area (Å²) in [7, 11) is 1.43. The van der Waals surface area contributed by atoms with Crippen LogP contribution in [-0.2, 0) is 0 Å². The minimum absolute atomic E-state index is 0.0409. The van der Waals surface area contributed by atoms with Gasteiger partial charge in [0.15, 0.2) is 23.0 Å². The van der Waals surface area contributed by atoms with Gasteiger partial charge in [-0.1, -0.05) is 5.16 Å². The number of phenolic OH excluding ortho intramolecular Hbond substituents is 1. The van der Waals surface area contributed by atoms with Crippen molar-refractivity contribution in [3.8, 4) is 22.8 Å². The maximum absolute atomic E-state index is 10.7. The minimum Gasteiger partial charge on any atom is -0.504 e. The summed E-state index contributed by atoms with van der Waals surface area (Å²) in [5, 5.41) is 21.9. The van der Waals surface area contributed by atoms with Crippen molar-refractivity contribution < 1.29 is 24.3 Å². The molecule has 6 heteroatoms. The van der Waals surface area contributed by atoms with Crippen LogP contribution in [-0.4, -0.2) is 28.4 Å². The van der Waals surface area contributed by atoms with Gasteiger partial charge in [0.1, 0.15) is 0 Å². The smallest absolute Gasteiger partial charge is 0.358 e. The lowest BCUT2D eigenvalue weighted by molar-refractivity contribution is 0.0686. The number of carboxylic acid groups (broad SMARTS) is 1. The molecule has 1 aromatic heterocycles. The number of phenols is 1. The summed E-state index contributed by atoms with van der Waals surface area (Å²) in [6.45, 7) is 1.70. The Balaban J connectivity index is 2.50. The average molecular weight is 249 g/mol. The first-order valence-corrected chi connectivity index (χ1v) is 5.11. The van der Waals surface area contributed by atoms with Gasteiger partial charge < -0.3 is 19.5 Å². The van der Waals surface area contributed by atoms with Crippen LogP contribution in [0.5, 0.6) is 11.5 Å². The zero-order chi connectivity index (χ0) is 13.3. The molecule has 0 unspecified atom stereocenters. The van der Waals surface area contributed by atoms with Crippen molar-refractivity contribution in [2.45, 2.75) is 6.92 Å². The van der Waals surface area contributed by atoms with E-state index in [9.17, 15) is 9.90 Å². The maximum Gasteiger partial charge on any atom is 0.358 e. The average Bonchev–Trinajstić information content (AvgIpc) is 2.82. The van der Waals surface area contributed by atoms with Crippen molar-refractivity contribution in [2.75, 3.05) is 7.11 Å². The van der Waals surface area contributed by atoms with E-state index in [-0.39, 0.29) is 11.4 Å². The van der Waals surface area contributed by atoms with E-state index in [0.29, 0.717) is 22.6 Å². The van der Waals surface area contributed by atoms with Gasteiger partial charge in [-0.3, -0.25) is 0 Å². The van der Waals surface area contributed by atoms with Gasteiger partial charge >= 0.3 is 5.97 Å². The summed E-state index contributed by atoms with van der Waals surface area (Å²) in [5.74, 6) is -0.529. The molecule has 0 aliphatic carbocycles. The number of aromatic carboxylic acids is 1. The fourth-order valence-corrected chi connectivity index (χ4v) is 1.56. The molecule has 2 aromatic rings. The number of rotatable bonds is 3. The Labute approximate surface area is 102 Å². The summed E-state index contributed by atoms with van der Waals surface area (Å²) in [6.07, 6.45) is 0. The van der Waals surface area contributed by atoms with Crippen molar-refractivity contribution in [2.24, 2.45) is 0 Å². The predicted molar refractivity (Wildman–Crippen MR) is 61.9 cm³/mol. The van der Waals surface area contributed by atoms with Gasteiger partial charge in [-0.15, -0.1) is 0 Å². The van der Waals surface area contributed by atoms with Crippen LogP contribution in [0.1, 0.15) is 16.1 Å². The number of nitrogens with zero attached hydrogens (tertiary/aromatic N) is 1. The number of carboxylic acids is 1. The molecule has 1 aromatic carbocycles. The zero-order valence-corrected chi connectivity index (χ0v) is 9.80. The second-order valence-corrected chi connectivity index (χ2v) is 3.73. The molecule has 0 bridgehead atoms. The number of aromatic hydroxyl groups is 1. The fraction of sp³-hybridized carbons (Fsp3) is 0.167. The van der Waals surface area contributed by atoms with Crippen LogP contribution in [0.15, 0.2) is 22.7 Å². The van der Waals surface area contributed by atoms with Crippen molar-refractivity contribution in [3.63, 3.8) is 0 Å². The molecule has 0 aliphatic rings. The van der Waals surface area contributed by atoms with Gasteiger partial charge in [-0.05, 0) is 24.6 Å². The van der Waals surface area contributed by atoms with Crippen molar-refractivity contribution in [1.29, 1.82) is 0 Å². The van der Waals surface area contributed by atoms with Gasteiger partial charge in [0.05, 0.1) is 7.11 Å². The molecule has 0 atom stereocenters. The number of hydrogen-bond acceptors (Lipinski definition) is 5. The number of benzene rings is 1. The van der Waals surface area contributed by atoms with Gasteiger partial charge in [-0.25, -0.2) is 4.79 Å². The largest absolute Gasteiger partial charge is 0.504 e. The number of ether oxygens (including phenoxy) is 1. The maximum atomic E-state index is 10.7.